The van der Waals surface area contributed by atoms with Crippen molar-refractivity contribution in [3.8, 4) is 0 Å². The summed E-state index contributed by atoms with van der Waals surface area (Å²) < 4.78 is 26.3. The van der Waals surface area contributed by atoms with Gasteiger partial charge < -0.3 is 5.32 Å². The van der Waals surface area contributed by atoms with Crippen LogP contribution in [0.5, 0.6) is 0 Å². The highest BCUT2D eigenvalue weighted by Crippen LogP contribution is 2.26. The summed E-state index contributed by atoms with van der Waals surface area (Å²) in [6, 6.07) is 23.5. The SMILES string of the molecule is Cc1ccccc1NC(=O)c1ccccc1N(Cc1ccccc1)S(C)(=O)=O. The lowest BCUT2D eigenvalue weighted by atomic mass is 10.1. The number of nitrogens with one attached hydrogen (secondary N) is 1. The number of amides is 1. The van der Waals surface area contributed by atoms with E-state index in [4.69, 9.17) is 0 Å². The standard InChI is InChI=1S/C22H22N2O3S/c1-17-10-6-8-14-20(17)23-22(25)19-13-7-9-15-21(19)24(28(2,26)27)16-18-11-4-3-5-12-18/h3-15H,16H2,1-2H3,(H,23,25). The third-order valence-corrected chi connectivity index (χ3v) is 5.51. The molecule has 5 nitrogen and oxygen atoms in total. The van der Waals surface area contributed by atoms with Crippen LogP contribution in [0.25, 0.3) is 0 Å². The molecule has 1 N–H and O–H groups in total. The number of carbonyl (C=O) groups is 1. The second-order valence-corrected chi connectivity index (χ2v) is 8.45. The number of rotatable bonds is 6. The van der Waals surface area contributed by atoms with Crippen molar-refractivity contribution in [2.75, 3.05) is 15.9 Å². The Morgan fingerprint density at radius 1 is 0.893 bits per heavy atom. The minimum atomic E-state index is -3.60. The molecule has 0 aliphatic heterocycles. The van der Waals surface area contributed by atoms with Crippen molar-refractivity contribution in [1.82, 2.24) is 0 Å². The van der Waals surface area contributed by atoms with E-state index in [1.807, 2.05) is 61.5 Å². The summed E-state index contributed by atoms with van der Waals surface area (Å²) >= 11 is 0. The van der Waals surface area contributed by atoms with Crippen molar-refractivity contribution in [1.29, 1.82) is 0 Å². The van der Waals surface area contributed by atoms with Gasteiger partial charge in [-0.25, -0.2) is 8.42 Å². The van der Waals surface area contributed by atoms with Gasteiger partial charge in [-0.1, -0.05) is 60.7 Å². The van der Waals surface area contributed by atoms with E-state index in [0.29, 0.717) is 16.9 Å². The average molecular weight is 394 g/mol. The maximum atomic E-state index is 12.9. The van der Waals surface area contributed by atoms with Crippen LogP contribution in [0.4, 0.5) is 11.4 Å². The molecule has 0 radical (unpaired) electrons. The van der Waals surface area contributed by atoms with Crippen molar-refractivity contribution in [3.63, 3.8) is 0 Å². The maximum Gasteiger partial charge on any atom is 0.257 e. The number of hydrogen-bond acceptors (Lipinski definition) is 3. The Bertz CT molecular complexity index is 1080. The molecule has 0 spiro atoms. The first-order chi connectivity index (χ1) is 13.4. The lowest BCUT2D eigenvalue weighted by Gasteiger charge is -2.25. The van der Waals surface area contributed by atoms with E-state index in [2.05, 4.69) is 5.32 Å². The van der Waals surface area contributed by atoms with Crippen LogP contribution < -0.4 is 9.62 Å². The van der Waals surface area contributed by atoms with Gasteiger partial charge in [-0.15, -0.1) is 0 Å². The monoisotopic (exact) mass is 394 g/mol. The third-order valence-electron chi connectivity index (χ3n) is 4.38. The fraction of sp³-hybridized carbons (Fsp3) is 0.136. The molecular formula is C22H22N2O3S. The summed E-state index contributed by atoms with van der Waals surface area (Å²) in [5, 5.41) is 2.88. The summed E-state index contributed by atoms with van der Waals surface area (Å²) in [5.41, 5.74) is 3.10. The molecule has 6 heteroatoms. The van der Waals surface area contributed by atoms with Crippen molar-refractivity contribution in [3.05, 3.63) is 95.6 Å². The topological polar surface area (TPSA) is 66.5 Å². The van der Waals surface area contributed by atoms with E-state index < -0.39 is 10.0 Å². The van der Waals surface area contributed by atoms with Gasteiger partial charge in [0.05, 0.1) is 24.1 Å². The molecule has 0 unspecified atom stereocenters. The lowest BCUT2D eigenvalue weighted by Crippen LogP contribution is -2.31. The van der Waals surface area contributed by atoms with Crippen molar-refractivity contribution in [2.45, 2.75) is 13.5 Å². The van der Waals surface area contributed by atoms with E-state index >= 15 is 0 Å². The van der Waals surface area contributed by atoms with E-state index in [-0.39, 0.29) is 12.5 Å². The van der Waals surface area contributed by atoms with Gasteiger partial charge in [0.1, 0.15) is 0 Å². The van der Waals surface area contributed by atoms with Crippen LogP contribution in [0.2, 0.25) is 0 Å². The number of benzene rings is 3. The normalized spacial score (nSPS) is 11.1. The van der Waals surface area contributed by atoms with Crippen molar-refractivity contribution in [2.24, 2.45) is 0 Å². The van der Waals surface area contributed by atoms with Crippen LogP contribution in [-0.4, -0.2) is 20.6 Å². The summed E-state index contributed by atoms with van der Waals surface area (Å²) in [5.74, 6) is -0.355. The first-order valence-electron chi connectivity index (χ1n) is 8.84. The van der Waals surface area contributed by atoms with Crippen LogP contribution in [0, 0.1) is 6.92 Å². The zero-order chi connectivity index (χ0) is 20.1. The van der Waals surface area contributed by atoms with Gasteiger partial charge in [-0.2, -0.15) is 0 Å². The third kappa shape index (κ3) is 4.58. The van der Waals surface area contributed by atoms with Crippen LogP contribution in [0.3, 0.4) is 0 Å². The molecule has 0 aliphatic rings. The second kappa shape index (κ2) is 8.27. The fourth-order valence-corrected chi connectivity index (χ4v) is 3.82. The first-order valence-corrected chi connectivity index (χ1v) is 10.7. The van der Waals surface area contributed by atoms with Crippen LogP contribution in [0.1, 0.15) is 21.5 Å². The van der Waals surface area contributed by atoms with Crippen LogP contribution in [-0.2, 0) is 16.6 Å². The molecule has 144 valence electrons. The summed E-state index contributed by atoms with van der Waals surface area (Å²) in [4.78, 5) is 12.9. The Balaban J connectivity index is 1.99. The van der Waals surface area contributed by atoms with Gasteiger partial charge >= 0.3 is 0 Å². The van der Waals surface area contributed by atoms with Gasteiger partial charge in [0, 0.05) is 5.69 Å². The molecule has 3 rings (SSSR count). The first kappa shape index (κ1) is 19.6. The number of anilines is 2. The highest BCUT2D eigenvalue weighted by molar-refractivity contribution is 7.92. The Hall–Kier alpha value is -3.12. The van der Waals surface area contributed by atoms with Gasteiger partial charge in [-0.05, 0) is 36.2 Å². The molecule has 0 bridgehead atoms. The predicted octanol–water partition coefficient (Wildman–Crippen LogP) is 4.21. The smallest absolute Gasteiger partial charge is 0.257 e. The van der Waals surface area contributed by atoms with Gasteiger partial charge in [0.2, 0.25) is 10.0 Å². The number of para-hydroxylation sites is 2. The molecule has 0 aliphatic carbocycles. The number of sulfonamides is 1. The Morgan fingerprint density at radius 3 is 2.18 bits per heavy atom. The number of carbonyl (C=O) groups excluding carboxylic acids is 1. The zero-order valence-electron chi connectivity index (χ0n) is 15.8. The van der Waals surface area contributed by atoms with E-state index in [0.717, 1.165) is 17.4 Å². The van der Waals surface area contributed by atoms with Gasteiger partial charge in [-0.3, -0.25) is 9.10 Å². The Labute approximate surface area is 165 Å². The quantitative estimate of drug-likeness (QED) is 0.681. The van der Waals surface area contributed by atoms with E-state index in [1.54, 1.807) is 24.3 Å². The van der Waals surface area contributed by atoms with E-state index in [9.17, 15) is 13.2 Å². The maximum absolute atomic E-state index is 12.9. The fourth-order valence-electron chi connectivity index (χ4n) is 2.92. The molecule has 0 saturated carbocycles. The van der Waals surface area contributed by atoms with Crippen LogP contribution >= 0.6 is 0 Å². The highest BCUT2D eigenvalue weighted by Gasteiger charge is 2.23. The average Bonchev–Trinajstić information content (AvgIpc) is 2.68. The molecule has 3 aromatic rings. The lowest BCUT2D eigenvalue weighted by molar-refractivity contribution is 0.102. The van der Waals surface area contributed by atoms with Crippen molar-refractivity contribution >= 4 is 27.3 Å². The number of nitrogens with zero attached hydrogens (tertiary/aromatic N) is 1. The molecule has 0 heterocycles. The number of hydrogen-bond donors (Lipinski definition) is 1. The molecule has 0 fully saturated rings. The second-order valence-electron chi connectivity index (χ2n) is 6.54. The Morgan fingerprint density at radius 2 is 1.50 bits per heavy atom. The molecule has 0 aromatic heterocycles. The summed E-state index contributed by atoms with van der Waals surface area (Å²) in [6.07, 6.45) is 1.14. The molecule has 0 atom stereocenters. The minimum absolute atomic E-state index is 0.147. The molecular weight excluding hydrogens is 372 g/mol. The summed E-state index contributed by atoms with van der Waals surface area (Å²) in [7, 11) is -3.60. The molecule has 3 aromatic carbocycles. The van der Waals surface area contributed by atoms with Crippen molar-refractivity contribution < 1.29 is 13.2 Å². The molecule has 28 heavy (non-hydrogen) atoms. The van der Waals surface area contributed by atoms with Gasteiger partial charge in [0.15, 0.2) is 0 Å². The number of aryl methyl sites for hydroxylation is 1. The zero-order valence-corrected chi connectivity index (χ0v) is 16.6. The Kier molecular flexibility index (Phi) is 5.80. The molecule has 1 amide bonds. The molecule has 0 saturated heterocycles. The largest absolute Gasteiger partial charge is 0.322 e. The predicted molar refractivity (Wildman–Crippen MR) is 113 cm³/mol. The van der Waals surface area contributed by atoms with E-state index in [1.165, 1.54) is 4.31 Å². The summed E-state index contributed by atoms with van der Waals surface area (Å²) in [6.45, 7) is 2.05. The van der Waals surface area contributed by atoms with Gasteiger partial charge in [0.25, 0.3) is 5.91 Å². The van der Waals surface area contributed by atoms with Crippen LogP contribution in [0.15, 0.2) is 78.9 Å². The highest BCUT2D eigenvalue weighted by atomic mass is 32.2. The minimum Gasteiger partial charge on any atom is -0.322 e.